The second-order valence-electron chi connectivity index (χ2n) is 7.02. The van der Waals surface area contributed by atoms with Crippen molar-refractivity contribution in [3.63, 3.8) is 0 Å². The summed E-state index contributed by atoms with van der Waals surface area (Å²) in [6.45, 7) is -0.467. The zero-order chi connectivity index (χ0) is 21.3. The lowest BCUT2D eigenvalue weighted by molar-refractivity contribution is -0.160. The van der Waals surface area contributed by atoms with Gasteiger partial charge in [-0.3, -0.25) is 9.36 Å². The van der Waals surface area contributed by atoms with E-state index < -0.39 is 43.2 Å². The average Bonchev–Trinajstić information content (AvgIpc) is 3.31. The molecule has 0 radical (unpaired) electrons. The van der Waals surface area contributed by atoms with Crippen molar-refractivity contribution in [2.45, 2.75) is 37.0 Å². The molecule has 30 heavy (non-hydrogen) atoms. The standard InChI is InChI=1S/C19H22N6O5/c20-11(6-10-4-2-1-3-5-10)19(28)30-15-14(27)12(7-26)29-18(15)25-9-24-13-16(21)22-8-23-17(13)25/h1-5,8-9,11-12,14-15,18,26-27H,6-7,20H2,(H2,21,22,23)/t11-,12+,14-,15+,18+/m0/s1. The van der Waals surface area contributed by atoms with Crippen LogP contribution in [0.3, 0.4) is 0 Å². The number of fused-ring (bicyclic) bond motifs is 1. The number of aromatic nitrogens is 4. The summed E-state index contributed by atoms with van der Waals surface area (Å²) in [5, 5.41) is 20.1. The maximum Gasteiger partial charge on any atom is 0.323 e. The Kier molecular flexibility index (Phi) is 5.59. The number of aliphatic hydroxyl groups is 2. The maximum absolute atomic E-state index is 12.6. The van der Waals surface area contributed by atoms with Crippen LogP contribution in [0.1, 0.15) is 11.8 Å². The summed E-state index contributed by atoms with van der Waals surface area (Å²) in [6, 6.07) is 8.33. The Bertz CT molecular complexity index is 1030. The van der Waals surface area contributed by atoms with Crippen LogP contribution in [0.2, 0.25) is 0 Å². The summed E-state index contributed by atoms with van der Waals surface area (Å²) in [7, 11) is 0. The Morgan fingerprint density at radius 1 is 1.27 bits per heavy atom. The van der Waals surface area contributed by atoms with Crippen molar-refractivity contribution in [1.82, 2.24) is 19.5 Å². The maximum atomic E-state index is 12.6. The van der Waals surface area contributed by atoms with Crippen molar-refractivity contribution in [1.29, 1.82) is 0 Å². The molecule has 0 amide bonds. The summed E-state index contributed by atoms with van der Waals surface area (Å²) in [6.07, 6.45) is -1.41. The van der Waals surface area contributed by atoms with Crippen LogP contribution in [-0.2, 0) is 20.7 Å². The highest BCUT2D eigenvalue weighted by molar-refractivity contribution is 5.81. The monoisotopic (exact) mass is 414 g/mol. The van der Waals surface area contributed by atoms with E-state index in [-0.39, 0.29) is 12.2 Å². The van der Waals surface area contributed by atoms with E-state index in [2.05, 4.69) is 15.0 Å². The molecule has 1 aliphatic rings. The van der Waals surface area contributed by atoms with Gasteiger partial charge in [0.05, 0.1) is 12.9 Å². The minimum absolute atomic E-state index is 0.175. The van der Waals surface area contributed by atoms with Gasteiger partial charge < -0.3 is 31.2 Å². The minimum atomic E-state index is -1.27. The van der Waals surface area contributed by atoms with Crippen LogP contribution in [0.4, 0.5) is 5.82 Å². The molecule has 0 bridgehead atoms. The third-order valence-corrected chi connectivity index (χ3v) is 5.01. The fourth-order valence-corrected chi connectivity index (χ4v) is 3.45. The predicted molar refractivity (Wildman–Crippen MR) is 105 cm³/mol. The van der Waals surface area contributed by atoms with Gasteiger partial charge in [0.2, 0.25) is 0 Å². The molecule has 11 nitrogen and oxygen atoms in total. The van der Waals surface area contributed by atoms with E-state index in [0.717, 1.165) is 5.56 Å². The normalized spacial score (nSPS) is 24.8. The van der Waals surface area contributed by atoms with E-state index in [1.807, 2.05) is 30.3 Å². The van der Waals surface area contributed by atoms with Gasteiger partial charge in [0.15, 0.2) is 23.8 Å². The van der Waals surface area contributed by atoms with Gasteiger partial charge in [-0.15, -0.1) is 0 Å². The number of nitrogens with zero attached hydrogens (tertiary/aromatic N) is 4. The van der Waals surface area contributed by atoms with Crippen molar-refractivity contribution < 1.29 is 24.5 Å². The molecule has 1 aromatic carbocycles. The number of aliphatic hydroxyl groups excluding tert-OH is 2. The molecule has 0 saturated carbocycles. The number of nitrogens with two attached hydrogens (primary N) is 2. The first-order chi connectivity index (χ1) is 14.5. The molecule has 11 heteroatoms. The smallest absolute Gasteiger partial charge is 0.323 e. The lowest BCUT2D eigenvalue weighted by atomic mass is 10.1. The molecule has 6 N–H and O–H groups in total. The SMILES string of the molecule is Nc1ncnc2c1ncn2[C@@H]1O[C@H](CO)[C@H](O)[C@H]1OC(=O)[C@@H](N)Cc1ccccc1. The second-order valence-corrected chi connectivity index (χ2v) is 7.02. The number of carbonyl (C=O) groups is 1. The highest BCUT2D eigenvalue weighted by Gasteiger charge is 2.48. The van der Waals surface area contributed by atoms with Crippen LogP contribution < -0.4 is 11.5 Å². The molecule has 0 unspecified atom stereocenters. The summed E-state index contributed by atoms with van der Waals surface area (Å²) in [5.41, 5.74) is 13.4. The average molecular weight is 414 g/mol. The number of benzene rings is 1. The molecule has 0 aliphatic carbocycles. The van der Waals surface area contributed by atoms with Gasteiger partial charge in [-0.2, -0.15) is 0 Å². The molecule has 4 rings (SSSR count). The van der Waals surface area contributed by atoms with Gasteiger partial charge in [-0.25, -0.2) is 15.0 Å². The zero-order valence-electron chi connectivity index (χ0n) is 15.9. The Labute approximate surface area is 171 Å². The Balaban J connectivity index is 1.57. The number of imidazole rings is 1. The summed E-state index contributed by atoms with van der Waals surface area (Å²) >= 11 is 0. The van der Waals surface area contributed by atoms with E-state index in [1.165, 1.54) is 17.2 Å². The third kappa shape index (κ3) is 3.71. The van der Waals surface area contributed by atoms with Crippen molar-refractivity contribution >= 4 is 23.0 Å². The number of hydrogen-bond acceptors (Lipinski definition) is 10. The summed E-state index contributed by atoms with van der Waals surface area (Å²) in [5.74, 6) is -0.525. The zero-order valence-corrected chi connectivity index (χ0v) is 15.9. The quantitative estimate of drug-likeness (QED) is 0.372. The first-order valence-corrected chi connectivity index (χ1v) is 9.37. The number of nitrogen functional groups attached to an aromatic ring is 1. The number of esters is 1. The van der Waals surface area contributed by atoms with Crippen LogP contribution >= 0.6 is 0 Å². The molecule has 2 aromatic heterocycles. The first kappa shape index (κ1) is 20.2. The van der Waals surface area contributed by atoms with E-state index in [9.17, 15) is 15.0 Å². The van der Waals surface area contributed by atoms with Crippen LogP contribution in [0, 0.1) is 0 Å². The van der Waals surface area contributed by atoms with Gasteiger partial charge in [0.1, 0.15) is 30.1 Å². The van der Waals surface area contributed by atoms with Crippen LogP contribution in [-0.4, -0.2) is 66.7 Å². The van der Waals surface area contributed by atoms with Crippen molar-refractivity contribution in [2.24, 2.45) is 5.73 Å². The molecule has 5 atom stereocenters. The topological polar surface area (TPSA) is 172 Å². The van der Waals surface area contributed by atoms with Crippen molar-refractivity contribution in [2.75, 3.05) is 12.3 Å². The highest BCUT2D eigenvalue weighted by Crippen LogP contribution is 2.34. The minimum Gasteiger partial charge on any atom is -0.453 e. The number of ether oxygens (including phenoxy) is 2. The van der Waals surface area contributed by atoms with E-state index in [0.29, 0.717) is 11.2 Å². The Hall–Kier alpha value is -3.12. The molecule has 1 aliphatic heterocycles. The summed E-state index contributed by atoms with van der Waals surface area (Å²) in [4.78, 5) is 24.8. The molecule has 0 spiro atoms. The number of anilines is 1. The van der Waals surface area contributed by atoms with Crippen molar-refractivity contribution in [3.05, 3.63) is 48.5 Å². The van der Waals surface area contributed by atoms with Crippen LogP contribution in [0.15, 0.2) is 43.0 Å². The fraction of sp³-hybridized carbons (Fsp3) is 0.368. The van der Waals surface area contributed by atoms with Gasteiger partial charge in [0, 0.05) is 0 Å². The molecular formula is C19H22N6O5. The summed E-state index contributed by atoms with van der Waals surface area (Å²) < 4.78 is 12.7. The van der Waals surface area contributed by atoms with Crippen LogP contribution in [0.25, 0.3) is 11.2 Å². The lowest BCUT2D eigenvalue weighted by Crippen LogP contribution is -2.42. The molecule has 158 valence electrons. The predicted octanol–water partition coefficient (Wildman–Crippen LogP) is -0.859. The molecule has 1 saturated heterocycles. The van der Waals surface area contributed by atoms with Crippen molar-refractivity contribution in [3.8, 4) is 0 Å². The highest BCUT2D eigenvalue weighted by atomic mass is 16.6. The molecule has 3 heterocycles. The Morgan fingerprint density at radius 3 is 2.77 bits per heavy atom. The van der Waals surface area contributed by atoms with Crippen LogP contribution in [0.5, 0.6) is 0 Å². The van der Waals surface area contributed by atoms with Gasteiger partial charge in [-0.05, 0) is 12.0 Å². The molecule has 1 fully saturated rings. The van der Waals surface area contributed by atoms with Gasteiger partial charge in [-0.1, -0.05) is 30.3 Å². The van der Waals surface area contributed by atoms with E-state index in [4.69, 9.17) is 20.9 Å². The van der Waals surface area contributed by atoms with E-state index in [1.54, 1.807) is 0 Å². The third-order valence-electron chi connectivity index (χ3n) is 5.01. The lowest BCUT2D eigenvalue weighted by Gasteiger charge is -2.23. The largest absolute Gasteiger partial charge is 0.453 e. The first-order valence-electron chi connectivity index (χ1n) is 9.37. The molecular weight excluding hydrogens is 392 g/mol. The molecule has 3 aromatic rings. The van der Waals surface area contributed by atoms with Gasteiger partial charge >= 0.3 is 5.97 Å². The fourth-order valence-electron chi connectivity index (χ4n) is 3.45. The van der Waals surface area contributed by atoms with Gasteiger partial charge in [0.25, 0.3) is 0 Å². The second kappa shape index (κ2) is 8.32. The van der Waals surface area contributed by atoms with E-state index >= 15 is 0 Å². The number of carbonyl (C=O) groups excluding carboxylic acids is 1. The number of rotatable bonds is 6. The Morgan fingerprint density at radius 2 is 2.03 bits per heavy atom. The number of hydrogen-bond donors (Lipinski definition) is 4.